The molecule has 0 radical (unpaired) electrons. The van der Waals surface area contributed by atoms with E-state index in [9.17, 15) is 0 Å². The SMILES string of the molecule is CCCCCC[C@@H]1C[C@H](OC(=S)n2ccnc2)C[C@@H]2CCCN12. The number of ether oxygens (including phenoxy) is 1. The highest BCUT2D eigenvalue weighted by molar-refractivity contribution is 7.80. The fourth-order valence-corrected chi connectivity index (χ4v) is 4.43. The Kier molecular flexibility index (Phi) is 6.06. The molecule has 2 fully saturated rings. The van der Waals surface area contributed by atoms with Gasteiger partial charge in [-0.05, 0) is 50.9 Å². The van der Waals surface area contributed by atoms with Crippen molar-refractivity contribution < 1.29 is 4.74 Å². The van der Waals surface area contributed by atoms with Gasteiger partial charge in [-0.25, -0.2) is 4.98 Å². The average Bonchev–Trinajstić information content (AvgIpc) is 3.22. The number of imidazole rings is 1. The number of fused-ring (bicyclic) bond motifs is 1. The summed E-state index contributed by atoms with van der Waals surface area (Å²) in [7, 11) is 0. The van der Waals surface area contributed by atoms with Gasteiger partial charge in [-0.2, -0.15) is 0 Å². The quantitative estimate of drug-likeness (QED) is 0.581. The highest BCUT2D eigenvalue weighted by Gasteiger charge is 2.38. The summed E-state index contributed by atoms with van der Waals surface area (Å²) in [6, 6.07) is 1.39. The Morgan fingerprint density at radius 1 is 1.30 bits per heavy atom. The molecule has 0 saturated carbocycles. The zero-order valence-corrected chi connectivity index (χ0v) is 15.0. The van der Waals surface area contributed by atoms with Gasteiger partial charge in [-0.3, -0.25) is 9.47 Å². The number of aromatic nitrogens is 2. The summed E-state index contributed by atoms with van der Waals surface area (Å²) in [5, 5.41) is 0.545. The number of nitrogens with zero attached hydrogens (tertiary/aromatic N) is 3. The molecule has 0 spiro atoms. The predicted octanol–water partition coefficient (Wildman–Crippen LogP) is 4.00. The zero-order valence-electron chi connectivity index (χ0n) is 14.2. The minimum atomic E-state index is 0.264. The van der Waals surface area contributed by atoms with Gasteiger partial charge in [0.1, 0.15) is 12.4 Å². The number of piperidine rings is 1. The van der Waals surface area contributed by atoms with Crippen LogP contribution in [0.1, 0.15) is 64.7 Å². The summed E-state index contributed by atoms with van der Waals surface area (Å²) in [5.41, 5.74) is 0. The third-order valence-corrected chi connectivity index (χ3v) is 5.64. The van der Waals surface area contributed by atoms with E-state index in [1.54, 1.807) is 17.1 Å². The number of unbranched alkanes of at least 4 members (excludes halogenated alkanes) is 3. The second-order valence-electron chi connectivity index (χ2n) is 6.98. The number of rotatable bonds is 6. The molecule has 1 aromatic rings. The maximum Gasteiger partial charge on any atom is 0.269 e. The molecule has 2 aliphatic rings. The highest BCUT2D eigenvalue weighted by atomic mass is 32.1. The summed E-state index contributed by atoms with van der Waals surface area (Å²) in [6.07, 6.45) is 17.2. The van der Waals surface area contributed by atoms with Crippen molar-refractivity contribution in [3.05, 3.63) is 18.7 Å². The average molecular weight is 336 g/mol. The van der Waals surface area contributed by atoms with Gasteiger partial charge < -0.3 is 4.74 Å². The highest BCUT2D eigenvalue weighted by Crippen LogP contribution is 2.34. The molecule has 4 nitrogen and oxygen atoms in total. The van der Waals surface area contributed by atoms with Gasteiger partial charge in [0.15, 0.2) is 0 Å². The van der Waals surface area contributed by atoms with E-state index in [1.807, 2.05) is 6.20 Å². The van der Waals surface area contributed by atoms with Crippen LogP contribution >= 0.6 is 12.2 Å². The van der Waals surface area contributed by atoms with Crippen LogP contribution in [0.3, 0.4) is 0 Å². The van der Waals surface area contributed by atoms with Gasteiger partial charge in [0.2, 0.25) is 0 Å². The van der Waals surface area contributed by atoms with Crippen LogP contribution in [0.25, 0.3) is 0 Å². The van der Waals surface area contributed by atoms with Crippen LogP contribution in [-0.4, -0.2) is 44.4 Å². The lowest BCUT2D eigenvalue weighted by molar-refractivity contribution is 0.0244. The van der Waals surface area contributed by atoms with Gasteiger partial charge in [0.05, 0.1) is 0 Å². The van der Waals surface area contributed by atoms with Crippen LogP contribution in [0, 0.1) is 0 Å². The molecule has 2 aliphatic heterocycles. The largest absolute Gasteiger partial charge is 0.467 e. The first-order valence-electron chi connectivity index (χ1n) is 9.22. The summed E-state index contributed by atoms with van der Waals surface area (Å²) in [6.45, 7) is 3.56. The fourth-order valence-electron chi connectivity index (χ4n) is 4.19. The molecule has 23 heavy (non-hydrogen) atoms. The number of thiocarbonyl (C=S) groups is 1. The molecule has 0 aliphatic carbocycles. The lowest BCUT2D eigenvalue weighted by atomic mass is 9.90. The summed E-state index contributed by atoms with van der Waals surface area (Å²) >= 11 is 5.42. The first-order chi connectivity index (χ1) is 11.3. The van der Waals surface area contributed by atoms with Crippen molar-refractivity contribution in [1.29, 1.82) is 0 Å². The van der Waals surface area contributed by atoms with Crippen molar-refractivity contribution >= 4 is 17.4 Å². The van der Waals surface area contributed by atoms with Gasteiger partial charge in [-0.15, -0.1) is 0 Å². The third-order valence-electron chi connectivity index (χ3n) is 5.34. The molecule has 0 bridgehead atoms. The smallest absolute Gasteiger partial charge is 0.269 e. The standard InChI is InChI=1S/C18H29N3OS/c1-2-3-4-5-7-15-12-17(13-16-8-6-10-21(15)16)22-18(23)20-11-9-19-14-20/h9,11,14-17H,2-8,10,12-13H2,1H3/t15-,16+,17+/m1/s1. The van der Waals surface area contributed by atoms with Crippen LogP contribution in [-0.2, 0) is 4.74 Å². The summed E-state index contributed by atoms with van der Waals surface area (Å²) in [4.78, 5) is 6.81. The Morgan fingerprint density at radius 3 is 3.00 bits per heavy atom. The lowest BCUT2D eigenvalue weighted by Gasteiger charge is -2.41. The molecule has 0 N–H and O–H groups in total. The van der Waals surface area contributed by atoms with Gasteiger partial charge in [0, 0.05) is 24.5 Å². The minimum Gasteiger partial charge on any atom is -0.467 e. The minimum absolute atomic E-state index is 0.264. The Labute approximate surface area is 145 Å². The molecule has 0 amide bonds. The van der Waals surface area contributed by atoms with E-state index in [0.29, 0.717) is 17.3 Å². The Hall–Kier alpha value is -0.940. The molecule has 2 saturated heterocycles. The molecule has 0 unspecified atom stereocenters. The molecule has 0 aromatic carbocycles. The maximum atomic E-state index is 6.13. The molecule has 5 heteroatoms. The van der Waals surface area contributed by atoms with E-state index in [4.69, 9.17) is 17.0 Å². The van der Waals surface area contributed by atoms with E-state index in [0.717, 1.165) is 12.8 Å². The van der Waals surface area contributed by atoms with Crippen molar-refractivity contribution in [1.82, 2.24) is 14.5 Å². The van der Waals surface area contributed by atoms with Gasteiger partial charge in [-0.1, -0.05) is 32.6 Å². The molecule has 128 valence electrons. The van der Waals surface area contributed by atoms with Gasteiger partial charge >= 0.3 is 0 Å². The van der Waals surface area contributed by atoms with Crippen molar-refractivity contribution in [2.45, 2.75) is 82.9 Å². The number of hydrogen-bond donors (Lipinski definition) is 0. The van der Waals surface area contributed by atoms with Crippen molar-refractivity contribution in [2.24, 2.45) is 0 Å². The fraction of sp³-hybridized carbons (Fsp3) is 0.778. The summed E-state index contributed by atoms with van der Waals surface area (Å²) < 4.78 is 7.93. The molecule has 3 atom stereocenters. The molecule has 3 heterocycles. The van der Waals surface area contributed by atoms with Crippen molar-refractivity contribution in [3.8, 4) is 0 Å². The lowest BCUT2D eigenvalue weighted by Crippen LogP contribution is -2.48. The normalized spacial score (nSPS) is 27.8. The summed E-state index contributed by atoms with van der Waals surface area (Å²) in [5.74, 6) is 0. The first kappa shape index (κ1) is 16.9. The zero-order chi connectivity index (χ0) is 16.1. The Bertz CT molecular complexity index is 490. The molecular formula is C18H29N3OS. The Balaban J connectivity index is 1.55. The van der Waals surface area contributed by atoms with Crippen molar-refractivity contribution in [3.63, 3.8) is 0 Å². The van der Waals surface area contributed by atoms with E-state index in [2.05, 4.69) is 16.8 Å². The first-order valence-corrected chi connectivity index (χ1v) is 9.63. The second kappa shape index (κ2) is 8.25. The monoisotopic (exact) mass is 335 g/mol. The van der Waals surface area contributed by atoms with Crippen molar-refractivity contribution in [2.75, 3.05) is 6.54 Å². The van der Waals surface area contributed by atoms with E-state index in [1.165, 1.54) is 51.5 Å². The van der Waals surface area contributed by atoms with Crippen LogP contribution in [0.5, 0.6) is 0 Å². The Morgan fingerprint density at radius 2 is 2.22 bits per heavy atom. The number of hydrogen-bond acceptors (Lipinski definition) is 4. The molecule has 1 aromatic heterocycles. The second-order valence-corrected chi connectivity index (χ2v) is 7.33. The third kappa shape index (κ3) is 4.32. The van der Waals surface area contributed by atoms with E-state index < -0.39 is 0 Å². The topological polar surface area (TPSA) is 30.3 Å². The van der Waals surface area contributed by atoms with E-state index in [-0.39, 0.29) is 6.10 Å². The predicted molar refractivity (Wildman–Crippen MR) is 96.6 cm³/mol. The van der Waals surface area contributed by atoms with E-state index >= 15 is 0 Å². The van der Waals surface area contributed by atoms with Crippen LogP contribution in [0.15, 0.2) is 18.7 Å². The molecular weight excluding hydrogens is 306 g/mol. The molecule has 3 rings (SSSR count). The van der Waals surface area contributed by atoms with Crippen LogP contribution in [0.4, 0.5) is 0 Å². The van der Waals surface area contributed by atoms with Gasteiger partial charge in [0.25, 0.3) is 5.17 Å². The van der Waals surface area contributed by atoms with Crippen LogP contribution in [0.2, 0.25) is 0 Å². The van der Waals surface area contributed by atoms with Crippen LogP contribution < -0.4 is 0 Å². The maximum absolute atomic E-state index is 6.13.